The van der Waals surface area contributed by atoms with Crippen LogP contribution in [0.25, 0.3) is 0 Å². The standard InChI is InChI=1S/C15H26O3Si.HO2S2/c1-5-10-14-11-9-12-15(13-14)19(16-6-2,17-7-3)18-8-4;1-4(2)3/h9,11-13H,5-8,10H2,1-4H3;(H,1,2,3)/q;-1. The van der Waals surface area contributed by atoms with Gasteiger partial charge in [0.05, 0.1) is 0 Å². The van der Waals surface area contributed by atoms with Crippen LogP contribution in [0.5, 0.6) is 0 Å². The minimum Gasteiger partial charge on any atom is -0.459 e. The molecule has 0 saturated carbocycles. The second kappa shape index (κ2) is 13.0. The average molecular weight is 380 g/mol. The number of hydrogen-bond donors (Lipinski definition) is 1. The molecule has 0 atom stereocenters. The van der Waals surface area contributed by atoms with Gasteiger partial charge in [-0.25, -0.2) is 11.2 Å². The third-order valence-electron chi connectivity index (χ3n) is 2.82. The van der Waals surface area contributed by atoms with Crippen LogP contribution in [-0.2, 0) is 44.7 Å². The van der Waals surface area contributed by atoms with E-state index in [2.05, 4.69) is 42.4 Å². The van der Waals surface area contributed by atoms with E-state index in [-0.39, 0.29) is 0 Å². The maximum atomic E-state index is 8.93. The van der Waals surface area contributed by atoms with Crippen molar-refractivity contribution in [2.45, 2.75) is 40.5 Å². The summed E-state index contributed by atoms with van der Waals surface area (Å²) in [5.41, 5.74) is 1.32. The molecule has 1 aromatic carbocycles. The Kier molecular flexibility index (Phi) is 12.8. The summed E-state index contributed by atoms with van der Waals surface area (Å²) < 4.78 is 34.0. The second-order valence-corrected chi connectivity index (χ2v) is 8.37. The first-order chi connectivity index (χ1) is 11.0. The SMILES string of the molecule is CCCc1cccc([Si](OCC)(OCC)OCC)c1.O=[S-](O)=S. The van der Waals surface area contributed by atoms with Gasteiger partial charge in [0.15, 0.2) is 0 Å². The van der Waals surface area contributed by atoms with E-state index in [9.17, 15) is 0 Å². The van der Waals surface area contributed by atoms with Crippen LogP contribution >= 0.6 is 0 Å². The van der Waals surface area contributed by atoms with Crippen molar-refractivity contribution < 1.29 is 22.0 Å². The van der Waals surface area contributed by atoms with Crippen molar-refractivity contribution in [3.8, 4) is 0 Å². The summed E-state index contributed by atoms with van der Waals surface area (Å²) in [5.74, 6) is 0. The van der Waals surface area contributed by atoms with Gasteiger partial charge in [0, 0.05) is 25.0 Å². The summed E-state index contributed by atoms with van der Waals surface area (Å²) >= 11 is 3.65. The first-order valence-electron chi connectivity index (χ1n) is 7.75. The van der Waals surface area contributed by atoms with Crippen molar-refractivity contribution in [3.63, 3.8) is 0 Å². The van der Waals surface area contributed by atoms with Crippen LogP contribution in [0.15, 0.2) is 24.3 Å². The molecule has 0 aliphatic heterocycles. The number of hydrogen-bond acceptors (Lipinski definition) is 6. The van der Waals surface area contributed by atoms with E-state index >= 15 is 0 Å². The van der Waals surface area contributed by atoms with Crippen LogP contribution in [0, 0.1) is 0 Å². The Balaban J connectivity index is 0.00000108. The predicted molar refractivity (Wildman–Crippen MR) is 98.7 cm³/mol. The first-order valence-corrected chi connectivity index (χ1v) is 11.5. The van der Waals surface area contributed by atoms with Gasteiger partial charge in [-0.05, 0) is 32.8 Å². The van der Waals surface area contributed by atoms with Crippen molar-refractivity contribution in [2.24, 2.45) is 0 Å². The van der Waals surface area contributed by atoms with E-state index in [1.807, 2.05) is 20.8 Å². The second-order valence-electron chi connectivity index (χ2n) is 4.52. The van der Waals surface area contributed by atoms with Crippen molar-refractivity contribution in [2.75, 3.05) is 19.8 Å². The Morgan fingerprint density at radius 3 is 1.96 bits per heavy atom. The quantitative estimate of drug-likeness (QED) is 0.404. The Morgan fingerprint density at radius 2 is 1.57 bits per heavy atom. The Hall–Kier alpha value is -0.353. The summed E-state index contributed by atoms with van der Waals surface area (Å²) in [5, 5.41) is 1.07. The zero-order valence-electron chi connectivity index (χ0n) is 14.2. The van der Waals surface area contributed by atoms with Gasteiger partial charge in [-0.1, -0.05) is 47.2 Å². The molecule has 0 unspecified atom stereocenters. The van der Waals surface area contributed by atoms with Gasteiger partial charge >= 0.3 is 8.80 Å². The fourth-order valence-corrected chi connectivity index (χ4v) is 4.70. The Morgan fingerprint density at radius 1 is 1.09 bits per heavy atom. The van der Waals surface area contributed by atoms with Gasteiger partial charge in [0.2, 0.25) is 0 Å². The molecule has 0 radical (unpaired) electrons. The molecule has 0 fully saturated rings. The highest BCUT2D eigenvalue weighted by Crippen LogP contribution is 2.13. The van der Waals surface area contributed by atoms with Gasteiger partial charge in [0.25, 0.3) is 0 Å². The summed E-state index contributed by atoms with van der Waals surface area (Å²) in [6.45, 7) is 9.94. The fourth-order valence-electron chi connectivity index (χ4n) is 2.15. The molecule has 5 nitrogen and oxygen atoms in total. The fraction of sp³-hybridized carbons (Fsp3) is 0.600. The molecule has 1 aromatic rings. The zero-order chi connectivity index (χ0) is 17.7. The van der Waals surface area contributed by atoms with Gasteiger partial charge in [-0.15, -0.1) is 0 Å². The van der Waals surface area contributed by atoms with Gasteiger partial charge in [-0.2, -0.15) is 0 Å². The van der Waals surface area contributed by atoms with Gasteiger partial charge < -0.3 is 22.0 Å². The lowest BCUT2D eigenvalue weighted by molar-refractivity contribution is 0.0859. The molecular formula is C15H27O5S2Si-. The van der Waals surface area contributed by atoms with E-state index in [4.69, 9.17) is 22.0 Å². The van der Waals surface area contributed by atoms with Crippen molar-refractivity contribution in [3.05, 3.63) is 29.8 Å². The first kappa shape index (κ1) is 22.6. The van der Waals surface area contributed by atoms with Crippen LogP contribution in [0.4, 0.5) is 0 Å². The van der Waals surface area contributed by atoms with Gasteiger partial charge in [-0.3, -0.25) is 0 Å². The van der Waals surface area contributed by atoms with Crippen LogP contribution in [0.1, 0.15) is 39.7 Å². The van der Waals surface area contributed by atoms with Crippen molar-refractivity contribution in [1.29, 1.82) is 0 Å². The topological polar surface area (TPSA) is 65.0 Å². The van der Waals surface area contributed by atoms with Crippen molar-refractivity contribution >= 4 is 34.8 Å². The summed E-state index contributed by atoms with van der Waals surface area (Å²) in [7, 11) is -4.76. The van der Waals surface area contributed by atoms with Gasteiger partial charge in [0.1, 0.15) is 0 Å². The zero-order valence-corrected chi connectivity index (χ0v) is 16.9. The van der Waals surface area contributed by atoms with Crippen LogP contribution in [0.2, 0.25) is 0 Å². The molecule has 0 amide bonds. The molecule has 0 heterocycles. The lowest BCUT2D eigenvalue weighted by atomic mass is 10.1. The highest BCUT2D eigenvalue weighted by molar-refractivity contribution is 8.18. The lowest BCUT2D eigenvalue weighted by Gasteiger charge is -2.28. The largest absolute Gasteiger partial charge is 0.537 e. The normalized spacial score (nSPS) is 11.2. The van der Waals surface area contributed by atoms with E-state index in [1.165, 1.54) is 5.56 Å². The predicted octanol–water partition coefficient (Wildman–Crippen LogP) is 2.78. The molecule has 23 heavy (non-hydrogen) atoms. The van der Waals surface area contributed by atoms with E-state index in [1.54, 1.807) is 0 Å². The molecule has 0 aliphatic carbocycles. The average Bonchev–Trinajstić information content (AvgIpc) is 2.48. The molecular weight excluding hydrogens is 352 g/mol. The molecule has 8 heteroatoms. The van der Waals surface area contributed by atoms with Crippen LogP contribution < -0.4 is 5.19 Å². The molecule has 0 bridgehead atoms. The summed E-state index contributed by atoms with van der Waals surface area (Å²) in [6, 6.07) is 8.46. The number of rotatable bonds is 9. The lowest BCUT2D eigenvalue weighted by Crippen LogP contribution is -2.57. The molecule has 1 N–H and O–H groups in total. The minimum absolute atomic E-state index is 0.601. The Bertz CT molecular complexity index is 483. The summed E-state index contributed by atoms with van der Waals surface area (Å²) in [4.78, 5) is 0. The highest BCUT2D eigenvalue weighted by atomic mass is 32.8. The van der Waals surface area contributed by atoms with Crippen molar-refractivity contribution in [1.82, 2.24) is 0 Å². The van der Waals surface area contributed by atoms with E-state index in [0.29, 0.717) is 19.8 Å². The monoisotopic (exact) mass is 379 g/mol. The molecule has 0 aromatic heterocycles. The third-order valence-corrected chi connectivity index (χ3v) is 5.85. The maximum Gasteiger partial charge on any atom is 0.537 e. The summed E-state index contributed by atoms with van der Waals surface area (Å²) in [6.07, 6.45) is 2.21. The molecule has 134 valence electrons. The van der Waals surface area contributed by atoms with Crippen LogP contribution in [0.3, 0.4) is 0 Å². The Labute approximate surface area is 147 Å². The highest BCUT2D eigenvalue weighted by Gasteiger charge is 2.43. The molecule has 0 aliphatic rings. The van der Waals surface area contributed by atoms with E-state index < -0.39 is 18.4 Å². The molecule has 0 saturated heterocycles. The van der Waals surface area contributed by atoms with Crippen LogP contribution in [-0.4, -0.2) is 33.2 Å². The third kappa shape index (κ3) is 8.90. The molecule has 0 spiro atoms. The molecule has 1 rings (SSSR count). The maximum absolute atomic E-state index is 8.93. The number of aryl methyl sites for hydroxylation is 1. The van der Waals surface area contributed by atoms with E-state index in [0.717, 1.165) is 18.0 Å². The smallest absolute Gasteiger partial charge is 0.459 e. The number of benzene rings is 1. The minimum atomic E-state index is -2.73.